The van der Waals surface area contributed by atoms with Crippen LogP contribution in [-0.2, 0) is 34.9 Å². The molecule has 0 radical (unpaired) electrons. The second-order valence-corrected chi connectivity index (χ2v) is 13.4. The van der Waals surface area contributed by atoms with Crippen molar-refractivity contribution < 1.29 is 33.8 Å². The summed E-state index contributed by atoms with van der Waals surface area (Å²) >= 11 is 3.60. The lowest BCUT2D eigenvalue weighted by atomic mass is 9.70. The van der Waals surface area contributed by atoms with Crippen molar-refractivity contribution in [1.29, 1.82) is 0 Å². The summed E-state index contributed by atoms with van der Waals surface area (Å²) in [5.41, 5.74) is 6.42. The van der Waals surface area contributed by atoms with Crippen molar-refractivity contribution in [2.45, 2.75) is 59.2 Å². The molecule has 0 amide bonds. The molecule has 2 aromatic rings. The van der Waals surface area contributed by atoms with Crippen LogP contribution in [0.2, 0.25) is 6.82 Å². The van der Waals surface area contributed by atoms with Gasteiger partial charge in [-0.2, -0.15) is 4.58 Å². The molecule has 0 bridgehead atoms. The van der Waals surface area contributed by atoms with E-state index < -0.39 is 10.8 Å². The normalized spacial score (nSPS) is 19.7. The zero-order chi connectivity index (χ0) is 32.7. The van der Waals surface area contributed by atoms with Gasteiger partial charge in [0.1, 0.15) is 12.4 Å². The minimum Gasteiger partial charge on any atom is -0.506 e. The van der Waals surface area contributed by atoms with Crippen LogP contribution in [0.3, 0.4) is 0 Å². The fourth-order valence-corrected chi connectivity index (χ4v) is 6.87. The molecule has 0 unspecified atom stereocenters. The number of ether oxygens (including phenoxy) is 1. The van der Waals surface area contributed by atoms with Crippen LogP contribution >= 0.6 is 15.9 Å². The number of rotatable bonds is 11. The molecule has 10 heteroatoms. The fourth-order valence-electron chi connectivity index (χ4n) is 6.51. The van der Waals surface area contributed by atoms with Gasteiger partial charge in [0, 0.05) is 45.5 Å². The molecule has 8 nitrogen and oxygen atoms in total. The van der Waals surface area contributed by atoms with Crippen molar-refractivity contribution in [2.75, 3.05) is 37.8 Å². The maximum Gasteiger partial charge on any atom is 0.372 e. The number of ketones is 1. The largest absolute Gasteiger partial charge is 0.506 e. The van der Waals surface area contributed by atoms with Crippen molar-refractivity contribution in [3.63, 3.8) is 0 Å². The average Bonchev–Trinajstić information content (AvgIpc) is 3.34. The molecule has 2 aliphatic heterocycles. The molecular weight excluding hydrogens is 635 g/mol. The van der Waals surface area contributed by atoms with Gasteiger partial charge in [0.05, 0.1) is 29.8 Å². The topological polar surface area (TPSA) is 88.3 Å². The summed E-state index contributed by atoms with van der Waals surface area (Å²) < 4.78 is 8.16. The number of aliphatic hydroxyl groups excluding tert-OH is 1. The summed E-state index contributed by atoms with van der Waals surface area (Å²) in [6, 6.07) is 12.4. The number of benzene rings is 2. The maximum absolute atomic E-state index is 13.8. The molecule has 0 atom stereocenters. The number of halogens is 1. The average molecular weight is 676 g/mol. The van der Waals surface area contributed by atoms with Crippen LogP contribution in [0.15, 0.2) is 75.6 Å². The number of anilines is 1. The Morgan fingerprint density at radius 2 is 1.78 bits per heavy atom. The number of hydrogen-bond acceptors (Lipinski definition) is 7. The first-order valence-corrected chi connectivity index (χ1v) is 16.3. The molecule has 0 saturated carbocycles. The molecule has 5 rings (SSSR count). The lowest BCUT2D eigenvalue weighted by Gasteiger charge is -2.29. The minimum atomic E-state index is -0.519. The first-order chi connectivity index (χ1) is 21.4. The van der Waals surface area contributed by atoms with Crippen LogP contribution in [0, 0.1) is 0 Å². The van der Waals surface area contributed by atoms with Crippen molar-refractivity contribution in [2.24, 2.45) is 0 Å². The SMILES string of the molecule is CBc1ccc2c(c1)C(C)(C)C(C=C1C(=O)C(C=C3N(CCOOCC)c4ccc(Br)cc4C3(C)C)=C1O)=[N+]2CC(=O)OCC. The molecule has 3 aliphatic rings. The highest BCUT2D eigenvalue weighted by atomic mass is 79.9. The molecule has 45 heavy (non-hydrogen) atoms. The highest BCUT2D eigenvalue weighted by Crippen LogP contribution is 2.50. The molecule has 1 aliphatic carbocycles. The van der Waals surface area contributed by atoms with Crippen LogP contribution in [-0.4, -0.2) is 67.3 Å². The maximum atomic E-state index is 13.8. The predicted octanol–water partition coefficient (Wildman–Crippen LogP) is 5.47. The van der Waals surface area contributed by atoms with Gasteiger partial charge in [0.25, 0.3) is 0 Å². The number of nitrogens with zero attached hydrogens (tertiary/aromatic N) is 2. The number of fused-ring (bicyclic) bond motifs is 2. The van der Waals surface area contributed by atoms with E-state index in [0.29, 0.717) is 19.8 Å². The molecule has 2 heterocycles. The Hall–Kier alpha value is -3.47. The van der Waals surface area contributed by atoms with Gasteiger partial charge < -0.3 is 14.7 Å². The smallest absolute Gasteiger partial charge is 0.372 e. The third kappa shape index (κ3) is 5.84. The van der Waals surface area contributed by atoms with Gasteiger partial charge in [-0.05, 0) is 57.5 Å². The van der Waals surface area contributed by atoms with E-state index in [9.17, 15) is 14.7 Å². The summed E-state index contributed by atoms with van der Waals surface area (Å²) in [5.74, 6) is -0.664. The van der Waals surface area contributed by atoms with Crippen molar-refractivity contribution in [1.82, 2.24) is 0 Å². The highest BCUT2D eigenvalue weighted by molar-refractivity contribution is 9.10. The standard InChI is InChI=1S/C35H40BBrN2O6/c1-8-43-31(40)20-39-28-12-10-21(36-7)16-25(28)34(3,4)30(39)19-24-32(41)23(33(24)42)18-29-35(5,6)26-17-22(37)11-13-27(26)38(29)14-15-45-44-9-2/h10-13,16-19,36H,8-9,14-15,20H2,1-7H3/p+1. The molecule has 2 aromatic carbocycles. The Bertz CT molecular complexity index is 1690. The molecule has 236 valence electrons. The van der Waals surface area contributed by atoms with Crippen LogP contribution in [0.4, 0.5) is 11.4 Å². The van der Waals surface area contributed by atoms with Gasteiger partial charge in [-0.3, -0.25) is 4.79 Å². The zero-order valence-corrected chi connectivity index (χ0v) is 28.7. The summed E-state index contributed by atoms with van der Waals surface area (Å²) in [6.45, 7) is 15.7. The molecule has 1 N–H and O–H groups in total. The van der Waals surface area contributed by atoms with E-state index in [1.54, 1.807) is 19.1 Å². The molecule has 0 aromatic heterocycles. The van der Waals surface area contributed by atoms with Crippen LogP contribution in [0.25, 0.3) is 0 Å². The quantitative estimate of drug-likeness (QED) is 0.0643. The predicted molar refractivity (Wildman–Crippen MR) is 181 cm³/mol. The van der Waals surface area contributed by atoms with E-state index in [1.807, 2.05) is 29.7 Å². The van der Waals surface area contributed by atoms with Crippen molar-refractivity contribution in [3.05, 3.63) is 86.8 Å². The van der Waals surface area contributed by atoms with E-state index in [0.717, 1.165) is 45.7 Å². The van der Waals surface area contributed by atoms with Gasteiger partial charge in [-0.25, -0.2) is 14.6 Å². The molecule has 0 fully saturated rings. The number of Topliss-reactive ketones (excluding diaryl/α,β-unsaturated/α-hetero) is 1. The van der Waals surface area contributed by atoms with Crippen LogP contribution in [0.1, 0.15) is 52.7 Å². The number of hydrogen-bond donors (Lipinski definition) is 1. The third-order valence-electron chi connectivity index (χ3n) is 8.97. The monoisotopic (exact) mass is 675 g/mol. The first kappa shape index (κ1) is 32.9. The molecule has 0 spiro atoms. The van der Waals surface area contributed by atoms with Gasteiger partial charge in [-0.15, -0.1) is 0 Å². The second-order valence-electron chi connectivity index (χ2n) is 12.5. The second kappa shape index (κ2) is 12.7. The summed E-state index contributed by atoms with van der Waals surface area (Å²) in [6.07, 6.45) is 3.54. The number of allylic oxidation sites excluding steroid dienone is 5. The van der Waals surface area contributed by atoms with Crippen LogP contribution < -0.4 is 10.4 Å². The Kier molecular flexibility index (Phi) is 9.31. The number of carbonyl (C=O) groups excluding carboxylic acids is 2. The lowest BCUT2D eigenvalue weighted by Crippen LogP contribution is -2.33. The Morgan fingerprint density at radius 1 is 1.02 bits per heavy atom. The summed E-state index contributed by atoms with van der Waals surface area (Å²) in [7, 11) is 0.879. The number of esters is 1. The summed E-state index contributed by atoms with van der Waals surface area (Å²) in [4.78, 5) is 39.0. The van der Waals surface area contributed by atoms with Gasteiger partial charge in [0.2, 0.25) is 18.0 Å². The first-order valence-electron chi connectivity index (χ1n) is 15.5. The minimum absolute atomic E-state index is 0.00517. The van der Waals surface area contributed by atoms with Crippen LogP contribution in [0.5, 0.6) is 0 Å². The summed E-state index contributed by atoms with van der Waals surface area (Å²) in [5, 5.41) is 11.4. The Balaban J connectivity index is 1.57. The highest BCUT2D eigenvalue weighted by Gasteiger charge is 2.48. The zero-order valence-electron chi connectivity index (χ0n) is 27.1. The van der Waals surface area contributed by atoms with E-state index in [4.69, 9.17) is 14.5 Å². The lowest BCUT2D eigenvalue weighted by molar-refractivity contribution is -0.428. The van der Waals surface area contributed by atoms with E-state index in [1.165, 1.54) is 5.46 Å². The van der Waals surface area contributed by atoms with Crippen molar-refractivity contribution in [3.8, 4) is 0 Å². The van der Waals surface area contributed by atoms with Gasteiger partial charge in [0.15, 0.2) is 13.0 Å². The van der Waals surface area contributed by atoms with Gasteiger partial charge >= 0.3 is 5.97 Å². The van der Waals surface area contributed by atoms with E-state index >= 15 is 0 Å². The Morgan fingerprint density at radius 3 is 2.44 bits per heavy atom. The number of carbonyl (C=O) groups is 2. The van der Waals surface area contributed by atoms with E-state index in [2.05, 4.69) is 73.5 Å². The third-order valence-corrected chi connectivity index (χ3v) is 9.47. The number of aliphatic hydroxyl groups is 1. The Labute approximate surface area is 274 Å². The van der Waals surface area contributed by atoms with Gasteiger partial charge in [-0.1, -0.05) is 54.2 Å². The van der Waals surface area contributed by atoms with Crippen molar-refractivity contribution >= 4 is 57.5 Å². The molecule has 0 saturated heterocycles. The van der Waals surface area contributed by atoms with E-state index in [-0.39, 0.29) is 41.8 Å². The fraction of sp³-hybridized carbons (Fsp3) is 0.400. The molecular formula is C35H41BBrN2O6+.